The van der Waals surface area contributed by atoms with Gasteiger partial charge in [-0.15, -0.1) is 11.3 Å². The minimum absolute atomic E-state index is 0.692. The average molecular weight is 594 g/mol. The smallest absolute Gasteiger partial charge is 0.162 e. The lowest BCUT2D eigenvalue weighted by Crippen LogP contribution is -2.02. The van der Waals surface area contributed by atoms with Crippen LogP contribution in [0, 0.1) is 0 Å². The number of nitrogens with zero attached hydrogens (tertiary/aromatic N) is 3. The van der Waals surface area contributed by atoms with Crippen molar-refractivity contribution in [3.63, 3.8) is 0 Å². The fraction of sp³-hybridized carbons (Fsp3) is 0. The van der Waals surface area contributed by atoms with Gasteiger partial charge in [-0.25, -0.2) is 9.97 Å². The van der Waals surface area contributed by atoms with Gasteiger partial charge in [0.25, 0.3) is 0 Å². The molecular weight excluding hydrogens is 571 g/mol. The van der Waals surface area contributed by atoms with Gasteiger partial charge in [0.1, 0.15) is 17.0 Å². The third-order valence-electron chi connectivity index (χ3n) is 8.83. The molecule has 0 radical (unpaired) electrons. The van der Waals surface area contributed by atoms with Crippen LogP contribution in [0.1, 0.15) is 0 Å². The highest BCUT2D eigenvalue weighted by Crippen LogP contribution is 2.42. The van der Waals surface area contributed by atoms with Gasteiger partial charge in [-0.05, 0) is 30.3 Å². The Balaban J connectivity index is 1.31. The molecule has 5 heteroatoms. The van der Waals surface area contributed by atoms with Crippen molar-refractivity contribution in [1.82, 2.24) is 14.5 Å². The van der Waals surface area contributed by atoms with E-state index in [1.165, 1.54) is 20.2 Å². The Morgan fingerprint density at radius 3 is 2.22 bits per heavy atom. The Hall–Kier alpha value is -5.78. The summed E-state index contributed by atoms with van der Waals surface area (Å²) in [5, 5.41) is 6.98. The van der Waals surface area contributed by atoms with E-state index < -0.39 is 0 Å². The van der Waals surface area contributed by atoms with Crippen LogP contribution in [-0.2, 0) is 0 Å². The summed E-state index contributed by atoms with van der Waals surface area (Å²) in [5.74, 6) is 1.51. The Bertz CT molecular complexity index is 2770. The molecule has 210 valence electrons. The van der Waals surface area contributed by atoms with Gasteiger partial charge >= 0.3 is 0 Å². The third kappa shape index (κ3) is 3.59. The predicted molar refractivity (Wildman–Crippen MR) is 187 cm³/mol. The molecule has 0 bridgehead atoms. The molecule has 0 unspecified atom stereocenters. The van der Waals surface area contributed by atoms with Crippen LogP contribution in [0.25, 0.3) is 92.4 Å². The molecule has 0 saturated carbocycles. The number of furan rings is 1. The van der Waals surface area contributed by atoms with E-state index in [2.05, 4.69) is 114 Å². The SMILES string of the molecule is c1ccc(-c2nc(-c3cccc4c3sc3ccccc34)cc(-n3c4ccccc4c4c5oc6ccccc6c5ccc43)n2)cc1. The molecule has 4 aromatic heterocycles. The summed E-state index contributed by atoms with van der Waals surface area (Å²) in [4.78, 5) is 10.4. The molecule has 0 spiro atoms. The molecule has 0 amide bonds. The Morgan fingerprint density at radius 2 is 1.31 bits per heavy atom. The maximum absolute atomic E-state index is 6.54. The van der Waals surface area contributed by atoms with E-state index in [0.717, 1.165) is 66.4 Å². The van der Waals surface area contributed by atoms with Crippen LogP contribution in [0.2, 0.25) is 0 Å². The van der Waals surface area contributed by atoms with Gasteiger partial charge < -0.3 is 4.42 Å². The van der Waals surface area contributed by atoms with Gasteiger partial charge in [0.05, 0.1) is 22.1 Å². The third-order valence-corrected chi connectivity index (χ3v) is 10.1. The lowest BCUT2D eigenvalue weighted by atomic mass is 10.1. The highest BCUT2D eigenvalue weighted by atomic mass is 32.1. The van der Waals surface area contributed by atoms with E-state index in [9.17, 15) is 0 Å². The summed E-state index contributed by atoms with van der Waals surface area (Å²) in [6, 6.07) is 48.7. The number of benzene rings is 6. The highest BCUT2D eigenvalue weighted by molar-refractivity contribution is 7.26. The van der Waals surface area contributed by atoms with Crippen LogP contribution in [0.3, 0.4) is 0 Å². The molecule has 0 saturated heterocycles. The van der Waals surface area contributed by atoms with Gasteiger partial charge in [-0.1, -0.05) is 103 Å². The van der Waals surface area contributed by atoms with Crippen molar-refractivity contribution in [3.05, 3.63) is 140 Å². The fourth-order valence-electron chi connectivity index (χ4n) is 6.83. The monoisotopic (exact) mass is 593 g/mol. The zero-order valence-corrected chi connectivity index (χ0v) is 24.8. The van der Waals surface area contributed by atoms with Crippen molar-refractivity contribution < 1.29 is 4.42 Å². The maximum atomic E-state index is 6.54. The summed E-state index contributed by atoms with van der Waals surface area (Å²) in [5.41, 5.74) is 6.89. The molecule has 0 aliphatic heterocycles. The first-order valence-electron chi connectivity index (χ1n) is 15.0. The van der Waals surface area contributed by atoms with Crippen LogP contribution >= 0.6 is 11.3 Å². The quantitative estimate of drug-likeness (QED) is 0.205. The molecule has 10 aromatic rings. The summed E-state index contributed by atoms with van der Waals surface area (Å²) >= 11 is 1.82. The van der Waals surface area contributed by atoms with Crippen LogP contribution in [0.15, 0.2) is 144 Å². The summed E-state index contributed by atoms with van der Waals surface area (Å²) in [6.45, 7) is 0. The highest BCUT2D eigenvalue weighted by Gasteiger charge is 2.21. The van der Waals surface area contributed by atoms with Crippen LogP contribution in [0.5, 0.6) is 0 Å². The van der Waals surface area contributed by atoms with Gasteiger partial charge in [0.15, 0.2) is 5.82 Å². The second-order valence-electron chi connectivity index (χ2n) is 11.4. The molecule has 0 N–H and O–H groups in total. The molecule has 0 aliphatic carbocycles. The number of thiophene rings is 1. The number of fused-ring (bicyclic) bond motifs is 10. The second kappa shape index (κ2) is 9.36. The van der Waals surface area contributed by atoms with Gasteiger partial charge in [0, 0.05) is 53.5 Å². The van der Waals surface area contributed by atoms with Gasteiger partial charge in [-0.2, -0.15) is 0 Å². The first-order chi connectivity index (χ1) is 22.3. The molecule has 0 aliphatic rings. The van der Waals surface area contributed by atoms with E-state index in [0.29, 0.717) is 5.82 Å². The predicted octanol–water partition coefficient (Wildman–Crippen LogP) is 11.2. The molecular formula is C40H23N3OS. The Morgan fingerprint density at radius 1 is 0.556 bits per heavy atom. The van der Waals surface area contributed by atoms with Crippen molar-refractivity contribution >= 4 is 75.3 Å². The first kappa shape index (κ1) is 24.6. The second-order valence-corrected chi connectivity index (χ2v) is 12.4. The van der Waals surface area contributed by atoms with Crippen molar-refractivity contribution in [1.29, 1.82) is 0 Å². The molecule has 4 heterocycles. The Labute approximate surface area is 261 Å². The zero-order valence-electron chi connectivity index (χ0n) is 23.9. The largest absolute Gasteiger partial charge is 0.455 e. The number of hydrogen-bond acceptors (Lipinski definition) is 4. The number of rotatable bonds is 3. The summed E-state index contributed by atoms with van der Waals surface area (Å²) < 4.78 is 11.3. The molecule has 4 nitrogen and oxygen atoms in total. The zero-order chi connectivity index (χ0) is 29.5. The molecule has 6 aromatic carbocycles. The topological polar surface area (TPSA) is 43.9 Å². The van der Waals surface area contributed by atoms with Crippen molar-refractivity contribution in [2.75, 3.05) is 0 Å². The molecule has 45 heavy (non-hydrogen) atoms. The minimum Gasteiger partial charge on any atom is -0.455 e. The van der Waals surface area contributed by atoms with E-state index in [-0.39, 0.29) is 0 Å². The minimum atomic E-state index is 0.692. The normalized spacial score (nSPS) is 12.0. The van der Waals surface area contributed by atoms with E-state index >= 15 is 0 Å². The van der Waals surface area contributed by atoms with Crippen LogP contribution in [0.4, 0.5) is 0 Å². The summed E-state index contributed by atoms with van der Waals surface area (Å²) in [6.07, 6.45) is 0. The van der Waals surface area contributed by atoms with E-state index in [1.807, 2.05) is 41.7 Å². The lowest BCUT2D eigenvalue weighted by Gasteiger charge is -2.12. The van der Waals surface area contributed by atoms with Crippen molar-refractivity contribution in [3.8, 4) is 28.5 Å². The van der Waals surface area contributed by atoms with Crippen molar-refractivity contribution in [2.24, 2.45) is 0 Å². The molecule has 0 atom stereocenters. The first-order valence-corrected chi connectivity index (χ1v) is 15.8. The Kier molecular flexibility index (Phi) is 5.12. The van der Waals surface area contributed by atoms with Crippen molar-refractivity contribution in [2.45, 2.75) is 0 Å². The van der Waals surface area contributed by atoms with Gasteiger partial charge in [0.2, 0.25) is 0 Å². The molecule has 10 rings (SSSR count). The summed E-state index contributed by atoms with van der Waals surface area (Å²) in [7, 11) is 0. The average Bonchev–Trinajstić information content (AvgIpc) is 3.78. The number of para-hydroxylation sites is 2. The van der Waals surface area contributed by atoms with Gasteiger partial charge in [-0.3, -0.25) is 4.57 Å². The lowest BCUT2D eigenvalue weighted by molar-refractivity contribution is 0.673. The van der Waals surface area contributed by atoms with Crippen LogP contribution < -0.4 is 0 Å². The number of hydrogen-bond donors (Lipinski definition) is 0. The number of aromatic nitrogens is 3. The molecule has 0 fully saturated rings. The van der Waals surface area contributed by atoms with E-state index in [1.54, 1.807) is 0 Å². The van der Waals surface area contributed by atoms with E-state index in [4.69, 9.17) is 14.4 Å². The maximum Gasteiger partial charge on any atom is 0.162 e. The fourth-order valence-corrected chi connectivity index (χ4v) is 8.06. The van der Waals surface area contributed by atoms with Crippen LogP contribution in [-0.4, -0.2) is 14.5 Å². The standard InChI is InChI=1S/C40H23N3OS/c1-2-11-24(12-3-1)40-41-31(29-17-10-16-28-26-14-6-9-20-35(26)45-39(28)29)23-36(42-40)43-32-18-7-4-15-30(32)37-33(43)22-21-27-25-13-5-8-19-34(25)44-38(27)37/h1-23H.